The lowest BCUT2D eigenvalue weighted by molar-refractivity contribution is -0.113. The molecular formula is C23H27N5O3S2. The number of hydrogen-bond acceptors (Lipinski definition) is 6. The van der Waals surface area contributed by atoms with Crippen molar-refractivity contribution in [3.63, 3.8) is 0 Å². The van der Waals surface area contributed by atoms with Gasteiger partial charge < -0.3 is 5.32 Å². The van der Waals surface area contributed by atoms with Gasteiger partial charge in [-0.15, -0.1) is 10.2 Å². The summed E-state index contributed by atoms with van der Waals surface area (Å²) >= 11 is 1.28. The number of anilines is 1. The maximum Gasteiger partial charge on any atom is 0.243 e. The molecule has 2 aromatic carbocycles. The minimum absolute atomic E-state index is 0.118. The maximum absolute atomic E-state index is 12.9. The fourth-order valence-corrected chi connectivity index (χ4v) is 6.18. The predicted molar refractivity (Wildman–Crippen MR) is 129 cm³/mol. The Labute approximate surface area is 198 Å². The van der Waals surface area contributed by atoms with Crippen LogP contribution in [-0.4, -0.2) is 52.2 Å². The van der Waals surface area contributed by atoms with Gasteiger partial charge in [-0.25, -0.2) is 8.42 Å². The maximum atomic E-state index is 12.9. The molecule has 4 rings (SSSR count). The van der Waals surface area contributed by atoms with Crippen LogP contribution >= 0.6 is 11.8 Å². The van der Waals surface area contributed by atoms with Crippen LogP contribution < -0.4 is 5.32 Å². The smallest absolute Gasteiger partial charge is 0.243 e. The zero-order valence-corrected chi connectivity index (χ0v) is 20.3. The van der Waals surface area contributed by atoms with Gasteiger partial charge in [0.15, 0.2) is 5.16 Å². The molecule has 3 aromatic rings. The summed E-state index contributed by atoms with van der Waals surface area (Å²) < 4.78 is 29.3. The number of piperidine rings is 1. The van der Waals surface area contributed by atoms with E-state index < -0.39 is 10.0 Å². The predicted octanol–water partition coefficient (Wildman–Crippen LogP) is 3.79. The Bertz CT molecular complexity index is 1250. The third-order valence-corrected chi connectivity index (χ3v) is 8.28. The minimum Gasteiger partial charge on any atom is -0.325 e. The zero-order chi connectivity index (χ0) is 23.4. The molecule has 1 fully saturated rings. The SMILES string of the molecule is Cc1cccc(-n2c(C)nnc2SCC(=O)Nc2cccc(S(=O)(=O)N3CCCCC3)c2)c1. The van der Waals surface area contributed by atoms with E-state index in [1.165, 1.54) is 22.1 Å². The van der Waals surface area contributed by atoms with Crippen molar-refractivity contribution in [3.05, 3.63) is 59.9 Å². The van der Waals surface area contributed by atoms with E-state index in [4.69, 9.17) is 0 Å². The quantitative estimate of drug-likeness (QED) is 0.512. The molecule has 33 heavy (non-hydrogen) atoms. The van der Waals surface area contributed by atoms with Crippen LogP contribution in [-0.2, 0) is 14.8 Å². The van der Waals surface area contributed by atoms with Crippen LogP contribution in [0.25, 0.3) is 5.69 Å². The van der Waals surface area contributed by atoms with Crippen LogP contribution in [0.5, 0.6) is 0 Å². The van der Waals surface area contributed by atoms with Crippen LogP contribution in [0.1, 0.15) is 30.7 Å². The summed E-state index contributed by atoms with van der Waals surface area (Å²) in [5, 5.41) is 11.8. The molecule has 0 radical (unpaired) electrons. The number of carbonyl (C=O) groups is 1. The Hall–Kier alpha value is -2.69. The molecule has 1 N–H and O–H groups in total. The second-order valence-corrected chi connectivity index (χ2v) is 10.9. The van der Waals surface area contributed by atoms with Crippen LogP contribution in [0.2, 0.25) is 0 Å². The molecule has 0 atom stereocenters. The van der Waals surface area contributed by atoms with Crippen molar-refractivity contribution >= 4 is 33.4 Å². The molecule has 174 valence electrons. The molecule has 0 aliphatic carbocycles. The molecule has 0 bridgehead atoms. The minimum atomic E-state index is -3.56. The van der Waals surface area contributed by atoms with Crippen molar-refractivity contribution in [1.82, 2.24) is 19.1 Å². The van der Waals surface area contributed by atoms with Gasteiger partial charge in [0.2, 0.25) is 15.9 Å². The van der Waals surface area contributed by atoms with E-state index in [0.717, 1.165) is 36.3 Å². The molecule has 10 heteroatoms. The van der Waals surface area contributed by atoms with Crippen molar-refractivity contribution in [3.8, 4) is 5.69 Å². The molecule has 0 unspecified atom stereocenters. The second kappa shape index (κ2) is 10.1. The normalized spacial score (nSPS) is 14.8. The summed E-state index contributed by atoms with van der Waals surface area (Å²) in [5.41, 5.74) is 2.51. The molecule has 0 spiro atoms. The lowest BCUT2D eigenvalue weighted by Crippen LogP contribution is -2.35. The molecule has 1 aromatic heterocycles. The van der Waals surface area contributed by atoms with Crippen molar-refractivity contribution < 1.29 is 13.2 Å². The first-order valence-corrected chi connectivity index (χ1v) is 13.3. The van der Waals surface area contributed by atoms with Crippen molar-refractivity contribution in [1.29, 1.82) is 0 Å². The first-order valence-electron chi connectivity index (χ1n) is 10.9. The fourth-order valence-electron chi connectivity index (χ4n) is 3.82. The lowest BCUT2D eigenvalue weighted by Gasteiger charge is -2.26. The van der Waals surface area contributed by atoms with Crippen molar-refractivity contribution in [2.24, 2.45) is 0 Å². The first kappa shape index (κ1) is 23.5. The van der Waals surface area contributed by atoms with E-state index >= 15 is 0 Å². The number of hydrogen-bond donors (Lipinski definition) is 1. The number of amides is 1. The molecule has 1 saturated heterocycles. The van der Waals surface area contributed by atoms with Gasteiger partial charge in [0, 0.05) is 24.5 Å². The number of carbonyl (C=O) groups excluding carboxylic acids is 1. The number of aromatic nitrogens is 3. The highest BCUT2D eigenvalue weighted by Gasteiger charge is 2.26. The number of benzene rings is 2. The van der Waals surface area contributed by atoms with Crippen molar-refractivity contribution in [2.45, 2.75) is 43.2 Å². The Kier molecular flexibility index (Phi) is 7.16. The molecule has 8 nitrogen and oxygen atoms in total. The molecule has 1 aliphatic heterocycles. The standard InChI is InChI=1S/C23H27N5O3S2/c1-17-8-6-10-20(14-17)28-18(2)25-26-23(28)32-16-22(29)24-19-9-7-11-21(15-19)33(30,31)27-12-4-3-5-13-27/h6-11,14-15H,3-5,12-13,16H2,1-2H3,(H,24,29). The van der Waals surface area contributed by atoms with Crippen LogP contribution in [0, 0.1) is 13.8 Å². The van der Waals surface area contributed by atoms with E-state index in [1.54, 1.807) is 18.2 Å². The second-order valence-electron chi connectivity index (χ2n) is 8.03. The zero-order valence-electron chi connectivity index (χ0n) is 18.7. The Morgan fingerprint density at radius 2 is 1.79 bits per heavy atom. The Balaban J connectivity index is 1.43. The Morgan fingerprint density at radius 1 is 1.03 bits per heavy atom. The van der Waals surface area contributed by atoms with Gasteiger partial charge in [-0.05, 0) is 62.6 Å². The average molecular weight is 486 g/mol. The first-order chi connectivity index (χ1) is 15.8. The largest absolute Gasteiger partial charge is 0.325 e. The van der Waals surface area contributed by atoms with E-state index in [-0.39, 0.29) is 16.6 Å². The average Bonchev–Trinajstić information content (AvgIpc) is 3.19. The molecule has 1 aliphatic rings. The highest BCUT2D eigenvalue weighted by atomic mass is 32.2. The van der Waals surface area contributed by atoms with E-state index in [1.807, 2.05) is 42.7 Å². The van der Waals surface area contributed by atoms with Gasteiger partial charge in [-0.2, -0.15) is 4.31 Å². The lowest BCUT2D eigenvalue weighted by atomic mass is 10.2. The van der Waals surface area contributed by atoms with Gasteiger partial charge in [0.1, 0.15) is 5.82 Å². The number of aryl methyl sites for hydroxylation is 2. The molecule has 2 heterocycles. The number of sulfonamides is 1. The Morgan fingerprint density at radius 3 is 2.55 bits per heavy atom. The summed E-state index contributed by atoms with van der Waals surface area (Å²) in [4.78, 5) is 12.8. The van der Waals surface area contributed by atoms with E-state index in [2.05, 4.69) is 15.5 Å². The van der Waals surface area contributed by atoms with Gasteiger partial charge in [-0.1, -0.05) is 36.4 Å². The van der Waals surface area contributed by atoms with Gasteiger partial charge in [0.05, 0.1) is 10.6 Å². The van der Waals surface area contributed by atoms with Gasteiger partial charge in [0.25, 0.3) is 0 Å². The summed E-state index contributed by atoms with van der Waals surface area (Å²) in [7, 11) is -3.56. The number of nitrogens with zero attached hydrogens (tertiary/aromatic N) is 4. The van der Waals surface area contributed by atoms with Crippen LogP contribution in [0.4, 0.5) is 5.69 Å². The highest BCUT2D eigenvalue weighted by molar-refractivity contribution is 7.99. The monoisotopic (exact) mass is 485 g/mol. The molecular weight excluding hydrogens is 458 g/mol. The number of thioether (sulfide) groups is 1. The van der Waals surface area contributed by atoms with E-state index in [0.29, 0.717) is 23.9 Å². The van der Waals surface area contributed by atoms with Crippen LogP contribution in [0.3, 0.4) is 0 Å². The fraction of sp³-hybridized carbons (Fsp3) is 0.348. The number of nitrogens with one attached hydrogen (secondary N) is 1. The summed E-state index contributed by atoms with van der Waals surface area (Å²) in [6.45, 7) is 4.96. The topological polar surface area (TPSA) is 97.2 Å². The van der Waals surface area contributed by atoms with Crippen LogP contribution in [0.15, 0.2) is 58.6 Å². The van der Waals surface area contributed by atoms with Gasteiger partial charge >= 0.3 is 0 Å². The van der Waals surface area contributed by atoms with Crippen molar-refractivity contribution in [2.75, 3.05) is 24.2 Å². The number of rotatable bonds is 7. The third-order valence-electron chi connectivity index (χ3n) is 5.46. The summed E-state index contributed by atoms with van der Waals surface area (Å²) in [5.74, 6) is 0.607. The summed E-state index contributed by atoms with van der Waals surface area (Å²) in [6.07, 6.45) is 2.80. The molecule has 1 amide bonds. The molecule has 0 saturated carbocycles. The summed E-state index contributed by atoms with van der Waals surface area (Å²) in [6, 6.07) is 14.4. The van der Waals surface area contributed by atoms with Gasteiger partial charge in [-0.3, -0.25) is 9.36 Å². The third kappa shape index (κ3) is 5.45. The highest BCUT2D eigenvalue weighted by Crippen LogP contribution is 2.25. The van der Waals surface area contributed by atoms with E-state index in [9.17, 15) is 13.2 Å².